The molecule has 288 valence electrons. The number of anilines is 3. The molecule has 0 heterocycles. The van der Waals surface area contributed by atoms with Crippen LogP contribution in [0.1, 0.15) is 22.3 Å². The van der Waals surface area contributed by atoms with Crippen LogP contribution in [0.4, 0.5) is 21.5 Å². The van der Waals surface area contributed by atoms with Crippen molar-refractivity contribution in [2.75, 3.05) is 4.90 Å². The lowest BCUT2D eigenvalue weighted by Crippen LogP contribution is -2.28. The van der Waals surface area contributed by atoms with Crippen LogP contribution in [0.25, 0.3) is 55.3 Å². The van der Waals surface area contributed by atoms with Crippen molar-refractivity contribution >= 4 is 27.8 Å². The third-order valence-electron chi connectivity index (χ3n) is 12.4. The van der Waals surface area contributed by atoms with Crippen molar-refractivity contribution < 1.29 is 4.39 Å². The van der Waals surface area contributed by atoms with E-state index in [1.807, 2.05) is 6.07 Å². The topological polar surface area (TPSA) is 3.24 Å². The van der Waals surface area contributed by atoms with Crippen LogP contribution in [0.5, 0.6) is 0 Å². The summed E-state index contributed by atoms with van der Waals surface area (Å²) in [6, 6.07) is 85.9. The van der Waals surface area contributed by atoms with Gasteiger partial charge in [0.15, 0.2) is 0 Å². The van der Waals surface area contributed by atoms with Gasteiger partial charge >= 0.3 is 0 Å². The summed E-state index contributed by atoms with van der Waals surface area (Å²) in [7, 11) is 0. The van der Waals surface area contributed by atoms with Gasteiger partial charge in [0.25, 0.3) is 0 Å². The number of halogens is 1. The molecular weight excluding hydrogens is 742 g/mol. The van der Waals surface area contributed by atoms with E-state index < -0.39 is 5.41 Å². The van der Waals surface area contributed by atoms with Crippen molar-refractivity contribution in [2.45, 2.75) is 5.41 Å². The Bertz CT molecular complexity index is 3150. The maximum absolute atomic E-state index is 14.4. The van der Waals surface area contributed by atoms with Gasteiger partial charge in [-0.3, -0.25) is 0 Å². The molecule has 61 heavy (non-hydrogen) atoms. The average Bonchev–Trinajstić information content (AvgIpc) is 3.63. The van der Waals surface area contributed by atoms with Gasteiger partial charge in [0, 0.05) is 16.9 Å². The minimum atomic E-state index is -0.530. The summed E-state index contributed by atoms with van der Waals surface area (Å²) in [6.07, 6.45) is 0. The first-order valence-corrected chi connectivity index (χ1v) is 20.9. The number of hydrogen-bond donors (Lipinski definition) is 0. The standard InChI is InChI=1S/C59H40FN/c60-46-24-16-19-43(39-46)50-38-37-49(52-26-10-11-27-53(50)52)42-31-33-47(34-32-42)61(58-30-15-13-25-51(58)41-17-4-1-5-18-41)48-35-36-55-54-28-12-14-29-56(54)59(57(55)40-48,44-20-6-2-7-21-44)45-22-8-3-9-23-45/h1-40H. The first-order valence-electron chi connectivity index (χ1n) is 20.9. The molecule has 0 N–H and O–H groups in total. The molecular formula is C59H40FN. The predicted octanol–water partition coefficient (Wildman–Crippen LogP) is 15.8. The molecule has 1 aliphatic carbocycles. The molecule has 2 heteroatoms. The monoisotopic (exact) mass is 781 g/mol. The molecule has 0 radical (unpaired) electrons. The van der Waals surface area contributed by atoms with Crippen LogP contribution < -0.4 is 4.90 Å². The Kier molecular flexibility index (Phi) is 8.98. The van der Waals surface area contributed by atoms with Crippen LogP contribution >= 0.6 is 0 Å². The number of rotatable bonds is 8. The van der Waals surface area contributed by atoms with Crippen molar-refractivity contribution in [3.8, 4) is 44.5 Å². The summed E-state index contributed by atoms with van der Waals surface area (Å²) < 4.78 is 14.4. The fourth-order valence-corrected chi connectivity index (χ4v) is 9.78. The van der Waals surface area contributed by atoms with Gasteiger partial charge in [-0.15, -0.1) is 0 Å². The Balaban J connectivity index is 1.11. The van der Waals surface area contributed by atoms with E-state index in [1.165, 1.54) is 39.4 Å². The van der Waals surface area contributed by atoms with Gasteiger partial charge in [-0.05, 0) is 114 Å². The number of nitrogens with zero attached hydrogens (tertiary/aromatic N) is 1. The van der Waals surface area contributed by atoms with Crippen molar-refractivity contribution in [3.63, 3.8) is 0 Å². The van der Waals surface area contributed by atoms with Crippen molar-refractivity contribution in [3.05, 3.63) is 271 Å². The SMILES string of the molecule is Fc1cccc(-c2ccc(-c3ccc(N(c4ccc5c(c4)C(c4ccccc4)(c4ccccc4)c4ccccc4-5)c4ccccc4-c4ccccc4)cc3)c3ccccc23)c1. The second-order valence-electron chi connectivity index (χ2n) is 15.7. The highest BCUT2D eigenvalue weighted by Gasteiger charge is 2.46. The van der Waals surface area contributed by atoms with E-state index in [-0.39, 0.29) is 5.82 Å². The van der Waals surface area contributed by atoms with Gasteiger partial charge in [0.1, 0.15) is 5.82 Å². The first-order chi connectivity index (χ1) is 30.2. The van der Waals surface area contributed by atoms with E-state index in [0.717, 1.165) is 61.2 Å². The lowest BCUT2D eigenvalue weighted by molar-refractivity contribution is 0.628. The Labute approximate surface area is 356 Å². The van der Waals surface area contributed by atoms with Crippen LogP contribution in [-0.2, 0) is 5.41 Å². The minimum absolute atomic E-state index is 0.238. The van der Waals surface area contributed by atoms with Crippen molar-refractivity contribution in [1.29, 1.82) is 0 Å². The predicted molar refractivity (Wildman–Crippen MR) is 252 cm³/mol. The molecule has 1 aliphatic rings. The van der Waals surface area contributed by atoms with Crippen LogP contribution in [0.3, 0.4) is 0 Å². The molecule has 0 unspecified atom stereocenters. The summed E-state index contributed by atoms with van der Waals surface area (Å²) in [4.78, 5) is 2.42. The van der Waals surface area contributed by atoms with Crippen LogP contribution in [0.2, 0.25) is 0 Å². The highest BCUT2D eigenvalue weighted by molar-refractivity contribution is 6.05. The van der Waals surface area contributed by atoms with Gasteiger partial charge in [-0.25, -0.2) is 4.39 Å². The molecule has 0 saturated carbocycles. The normalized spacial score (nSPS) is 12.5. The molecule has 0 spiro atoms. The minimum Gasteiger partial charge on any atom is -0.310 e. The molecule has 0 bridgehead atoms. The number of fused-ring (bicyclic) bond motifs is 4. The smallest absolute Gasteiger partial charge is 0.123 e. The van der Waals surface area contributed by atoms with E-state index in [1.54, 1.807) is 12.1 Å². The summed E-state index contributed by atoms with van der Waals surface area (Å²) in [5, 5.41) is 2.21. The van der Waals surface area contributed by atoms with Crippen LogP contribution in [-0.4, -0.2) is 0 Å². The third-order valence-corrected chi connectivity index (χ3v) is 12.4. The average molecular weight is 782 g/mol. The first kappa shape index (κ1) is 36.3. The summed E-state index contributed by atoms with van der Waals surface area (Å²) in [6.45, 7) is 0. The van der Waals surface area contributed by atoms with E-state index >= 15 is 0 Å². The van der Waals surface area contributed by atoms with E-state index in [0.29, 0.717) is 0 Å². The zero-order valence-corrected chi connectivity index (χ0v) is 33.4. The summed E-state index contributed by atoms with van der Waals surface area (Å²) in [5.74, 6) is -0.238. The van der Waals surface area contributed by atoms with Crippen LogP contribution in [0, 0.1) is 5.82 Å². The highest BCUT2D eigenvalue weighted by Crippen LogP contribution is 2.57. The van der Waals surface area contributed by atoms with Crippen molar-refractivity contribution in [2.24, 2.45) is 0 Å². The molecule has 11 rings (SSSR count). The number of hydrogen-bond acceptors (Lipinski definition) is 1. The Hall–Kier alpha value is -7.81. The zero-order valence-electron chi connectivity index (χ0n) is 33.4. The molecule has 0 aliphatic heterocycles. The van der Waals surface area contributed by atoms with Crippen LogP contribution in [0.15, 0.2) is 243 Å². The molecule has 1 nitrogen and oxygen atoms in total. The van der Waals surface area contributed by atoms with Gasteiger partial charge < -0.3 is 4.90 Å². The third kappa shape index (κ3) is 6.07. The fourth-order valence-electron chi connectivity index (χ4n) is 9.78. The molecule has 10 aromatic carbocycles. The maximum Gasteiger partial charge on any atom is 0.123 e. The second kappa shape index (κ2) is 15.1. The quantitative estimate of drug-likeness (QED) is 0.148. The molecule has 0 atom stereocenters. The number of benzene rings is 10. The Morgan fingerprint density at radius 1 is 0.311 bits per heavy atom. The Morgan fingerprint density at radius 2 is 0.803 bits per heavy atom. The molecule has 0 amide bonds. The van der Waals surface area contributed by atoms with Gasteiger partial charge in [0.2, 0.25) is 0 Å². The molecule has 0 saturated heterocycles. The maximum atomic E-state index is 14.4. The number of para-hydroxylation sites is 1. The van der Waals surface area contributed by atoms with Gasteiger partial charge in [-0.2, -0.15) is 0 Å². The molecule has 0 fully saturated rings. The van der Waals surface area contributed by atoms with E-state index in [2.05, 4.69) is 223 Å². The summed E-state index contributed by atoms with van der Waals surface area (Å²) in [5.41, 5.74) is 16.6. The lowest BCUT2D eigenvalue weighted by atomic mass is 9.67. The molecule has 10 aromatic rings. The van der Waals surface area contributed by atoms with Gasteiger partial charge in [0.05, 0.1) is 11.1 Å². The van der Waals surface area contributed by atoms with Gasteiger partial charge in [-0.1, -0.05) is 200 Å². The highest BCUT2D eigenvalue weighted by atomic mass is 19.1. The fraction of sp³-hybridized carbons (Fsp3) is 0.0169. The van der Waals surface area contributed by atoms with Crippen molar-refractivity contribution in [1.82, 2.24) is 0 Å². The van der Waals surface area contributed by atoms with E-state index in [4.69, 9.17) is 0 Å². The lowest BCUT2D eigenvalue weighted by Gasteiger charge is -2.35. The van der Waals surface area contributed by atoms with E-state index in [9.17, 15) is 4.39 Å². The largest absolute Gasteiger partial charge is 0.310 e. The zero-order chi connectivity index (χ0) is 40.8. The summed E-state index contributed by atoms with van der Waals surface area (Å²) >= 11 is 0. The second-order valence-corrected chi connectivity index (χ2v) is 15.7. The Morgan fingerprint density at radius 3 is 1.48 bits per heavy atom. The molecule has 0 aromatic heterocycles.